The zero-order chi connectivity index (χ0) is 28.6. The molecule has 2 aliphatic rings. The van der Waals surface area contributed by atoms with Crippen molar-refractivity contribution < 1.29 is 37.5 Å². The van der Waals surface area contributed by atoms with E-state index >= 15 is 0 Å². The molecule has 3 aromatic carbocycles. The van der Waals surface area contributed by atoms with E-state index in [2.05, 4.69) is 10.6 Å². The number of hydrogen-bond donors (Lipinski definition) is 2. The number of hydrogen-bond acceptors (Lipinski definition) is 6. The predicted molar refractivity (Wildman–Crippen MR) is 137 cm³/mol. The summed E-state index contributed by atoms with van der Waals surface area (Å²) in [5.74, 6) is -8.92. The van der Waals surface area contributed by atoms with Gasteiger partial charge in [-0.15, -0.1) is 0 Å². The van der Waals surface area contributed by atoms with Gasteiger partial charge in [-0.25, -0.2) is 8.78 Å². The molecule has 202 valence electrons. The van der Waals surface area contributed by atoms with Gasteiger partial charge in [-0.05, 0) is 60.4 Å². The molecule has 0 radical (unpaired) electrons. The fourth-order valence-corrected chi connectivity index (χ4v) is 4.92. The molecule has 2 N–H and O–H groups in total. The van der Waals surface area contributed by atoms with Crippen LogP contribution in [0.2, 0.25) is 0 Å². The Balaban J connectivity index is 1.24. The number of fused-ring (bicyclic) bond motifs is 2. The van der Waals surface area contributed by atoms with Gasteiger partial charge < -0.3 is 10.6 Å². The number of benzene rings is 3. The number of halogens is 2. The van der Waals surface area contributed by atoms with Gasteiger partial charge in [-0.1, -0.05) is 24.3 Å². The van der Waals surface area contributed by atoms with Crippen molar-refractivity contribution in [1.29, 1.82) is 0 Å². The molecule has 0 heterocycles. The van der Waals surface area contributed by atoms with Crippen LogP contribution in [0.5, 0.6) is 0 Å². The summed E-state index contributed by atoms with van der Waals surface area (Å²) in [5, 5.41) is 5.07. The van der Waals surface area contributed by atoms with Crippen LogP contribution in [-0.4, -0.2) is 48.0 Å². The molecule has 0 bridgehead atoms. The van der Waals surface area contributed by atoms with Crippen LogP contribution < -0.4 is 10.6 Å². The van der Waals surface area contributed by atoms with Gasteiger partial charge in [0, 0.05) is 35.3 Å². The number of nitrogens with one attached hydrogen (secondary N) is 2. The molecule has 0 fully saturated rings. The zero-order valence-electron chi connectivity index (χ0n) is 21.0. The smallest absolute Gasteiger partial charge is 0.238 e. The third-order valence-corrected chi connectivity index (χ3v) is 7.04. The molecule has 0 saturated carbocycles. The molecule has 2 aliphatic carbocycles. The van der Waals surface area contributed by atoms with Crippen molar-refractivity contribution in [2.45, 2.75) is 12.8 Å². The van der Waals surface area contributed by atoms with Gasteiger partial charge in [0.05, 0.1) is 0 Å². The van der Waals surface area contributed by atoms with Gasteiger partial charge in [0.2, 0.25) is 11.8 Å². The van der Waals surface area contributed by atoms with Crippen LogP contribution in [0.3, 0.4) is 0 Å². The second kappa shape index (κ2) is 10.7. The molecule has 3 aromatic rings. The van der Waals surface area contributed by atoms with E-state index in [4.69, 9.17) is 0 Å². The standard InChI is InChI=1S/C30H22F2N2O6/c31-17-5-1-15(2-6-17)9-11-33-29(39)23-25(35)19-13-21-22(14-20(19)26(23)36)28(38)24(27(21)37)30(40)34-12-10-16-3-7-18(32)8-4-16/h1-8,13-14,23-24H,9-12H2,(H,33,39)(H,34,40). The molecule has 0 aliphatic heterocycles. The summed E-state index contributed by atoms with van der Waals surface area (Å²) >= 11 is 0. The maximum absolute atomic E-state index is 13.1. The van der Waals surface area contributed by atoms with Crippen molar-refractivity contribution in [2.75, 3.05) is 13.1 Å². The Kier molecular flexibility index (Phi) is 7.17. The molecule has 0 aromatic heterocycles. The highest BCUT2D eigenvalue weighted by Crippen LogP contribution is 2.35. The lowest BCUT2D eigenvalue weighted by Gasteiger charge is -2.09. The summed E-state index contributed by atoms with van der Waals surface area (Å²) in [4.78, 5) is 77.4. The fraction of sp³-hybridized carbons (Fsp3) is 0.200. The van der Waals surface area contributed by atoms with Crippen LogP contribution in [0.4, 0.5) is 8.78 Å². The molecule has 10 heteroatoms. The number of amides is 2. The molecule has 2 amide bonds. The zero-order valence-corrected chi connectivity index (χ0v) is 21.0. The topological polar surface area (TPSA) is 126 Å². The van der Waals surface area contributed by atoms with Gasteiger partial charge in [-0.3, -0.25) is 28.8 Å². The van der Waals surface area contributed by atoms with Gasteiger partial charge in [0.15, 0.2) is 35.0 Å². The van der Waals surface area contributed by atoms with E-state index in [1.54, 1.807) is 24.3 Å². The highest BCUT2D eigenvalue weighted by Gasteiger charge is 2.48. The number of carbonyl (C=O) groups is 6. The first-order valence-corrected chi connectivity index (χ1v) is 12.5. The molecule has 8 nitrogen and oxygen atoms in total. The maximum atomic E-state index is 13.1. The molecule has 0 atom stereocenters. The maximum Gasteiger partial charge on any atom is 0.238 e. The van der Waals surface area contributed by atoms with Gasteiger partial charge >= 0.3 is 0 Å². The summed E-state index contributed by atoms with van der Waals surface area (Å²) in [6.07, 6.45) is 0.692. The highest BCUT2D eigenvalue weighted by molar-refractivity contribution is 6.39. The molecule has 0 spiro atoms. The Morgan fingerprint density at radius 3 is 1.15 bits per heavy atom. The lowest BCUT2D eigenvalue weighted by atomic mass is 10.0. The molecular weight excluding hydrogens is 522 g/mol. The van der Waals surface area contributed by atoms with E-state index in [1.165, 1.54) is 24.3 Å². The quantitative estimate of drug-likeness (QED) is 0.420. The Hall–Kier alpha value is -4.86. The Bertz CT molecular complexity index is 1410. The second-order valence-corrected chi connectivity index (χ2v) is 9.60. The van der Waals surface area contributed by atoms with Crippen molar-refractivity contribution in [3.63, 3.8) is 0 Å². The Morgan fingerprint density at radius 2 is 0.850 bits per heavy atom. The van der Waals surface area contributed by atoms with E-state index in [0.29, 0.717) is 12.8 Å². The van der Waals surface area contributed by atoms with Crippen molar-refractivity contribution in [2.24, 2.45) is 11.8 Å². The highest BCUT2D eigenvalue weighted by atomic mass is 19.1. The van der Waals surface area contributed by atoms with Crippen LogP contribution in [0.25, 0.3) is 0 Å². The van der Waals surface area contributed by atoms with Crippen LogP contribution in [0, 0.1) is 23.5 Å². The van der Waals surface area contributed by atoms with Crippen LogP contribution in [-0.2, 0) is 22.4 Å². The number of rotatable bonds is 8. The van der Waals surface area contributed by atoms with Crippen LogP contribution >= 0.6 is 0 Å². The lowest BCUT2D eigenvalue weighted by Crippen LogP contribution is -2.38. The predicted octanol–water partition coefficient (Wildman–Crippen LogP) is 2.67. The minimum absolute atomic E-state index is 0.100. The third-order valence-electron chi connectivity index (χ3n) is 7.04. The molecule has 0 saturated heterocycles. The van der Waals surface area contributed by atoms with E-state index in [-0.39, 0.29) is 35.3 Å². The summed E-state index contributed by atoms with van der Waals surface area (Å²) in [6, 6.07) is 13.6. The minimum Gasteiger partial charge on any atom is -0.355 e. The largest absolute Gasteiger partial charge is 0.355 e. The van der Waals surface area contributed by atoms with Crippen molar-refractivity contribution >= 4 is 34.9 Å². The molecule has 40 heavy (non-hydrogen) atoms. The average Bonchev–Trinajstić information content (AvgIpc) is 3.33. The lowest BCUT2D eigenvalue weighted by molar-refractivity contribution is -0.123. The monoisotopic (exact) mass is 544 g/mol. The number of carbonyl (C=O) groups excluding carboxylic acids is 6. The summed E-state index contributed by atoms with van der Waals surface area (Å²) < 4.78 is 26.1. The minimum atomic E-state index is -1.65. The second-order valence-electron chi connectivity index (χ2n) is 9.60. The Morgan fingerprint density at radius 1 is 0.550 bits per heavy atom. The van der Waals surface area contributed by atoms with Crippen molar-refractivity contribution in [1.82, 2.24) is 10.6 Å². The SMILES string of the molecule is O=C(NCCc1ccc(F)cc1)C1C(=O)c2cc3c(cc2C1=O)C(=O)C(C(=O)NCCc1ccc(F)cc1)C3=O. The van der Waals surface area contributed by atoms with Gasteiger partial charge in [0.1, 0.15) is 11.6 Å². The number of ketones is 4. The molecule has 5 rings (SSSR count). The third kappa shape index (κ3) is 4.95. The van der Waals surface area contributed by atoms with Crippen molar-refractivity contribution in [3.8, 4) is 0 Å². The normalized spacial score (nSPS) is 14.8. The molecular formula is C30H22F2N2O6. The van der Waals surface area contributed by atoms with E-state index in [1.807, 2.05) is 0 Å². The number of Topliss-reactive ketones (excluding diaryl/α,β-unsaturated/α-hetero) is 4. The van der Waals surface area contributed by atoms with E-state index in [9.17, 15) is 37.5 Å². The summed E-state index contributed by atoms with van der Waals surface area (Å²) in [7, 11) is 0. The summed E-state index contributed by atoms with van der Waals surface area (Å²) in [5.41, 5.74) is 0.886. The van der Waals surface area contributed by atoms with E-state index in [0.717, 1.165) is 23.3 Å². The average molecular weight is 545 g/mol. The van der Waals surface area contributed by atoms with Gasteiger partial charge in [0.25, 0.3) is 0 Å². The first kappa shape index (κ1) is 26.7. The van der Waals surface area contributed by atoms with Crippen molar-refractivity contribution in [3.05, 3.63) is 106 Å². The summed E-state index contributed by atoms with van der Waals surface area (Å²) in [6.45, 7) is 0.201. The fourth-order valence-electron chi connectivity index (χ4n) is 4.92. The van der Waals surface area contributed by atoms with Crippen LogP contribution in [0.1, 0.15) is 52.6 Å². The van der Waals surface area contributed by atoms with E-state index < -0.39 is 58.4 Å². The van der Waals surface area contributed by atoms with Crippen LogP contribution in [0.15, 0.2) is 60.7 Å². The first-order chi connectivity index (χ1) is 19.2. The Labute approximate surface area is 226 Å². The molecule has 0 unspecified atom stereocenters. The first-order valence-electron chi connectivity index (χ1n) is 12.5. The van der Waals surface area contributed by atoms with Gasteiger partial charge in [-0.2, -0.15) is 0 Å².